The number of aromatic nitrogens is 1. The number of nitrogens with zero attached hydrogens (tertiary/aromatic N) is 1. The predicted molar refractivity (Wildman–Crippen MR) is 119 cm³/mol. The van der Waals surface area contributed by atoms with E-state index < -0.39 is 0 Å². The number of thiazole rings is 1. The molecule has 4 aromatic rings. The van der Waals surface area contributed by atoms with E-state index in [1.807, 2.05) is 22.2 Å². The largest absolute Gasteiger partial charge is 0.344 e. The highest BCUT2D eigenvalue weighted by Gasteiger charge is 2.19. The van der Waals surface area contributed by atoms with E-state index in [-0.39, 0.29) is 18.4 Å². The predicted octanol–water partition coefficient (Wildman–Crippen LogP) is 5.94. The molecule has 0 aliphatic rings. The molecule has 1 atom stereocenters. The second-order valence-electron chi connectivity index (χ2n) is 6.44. The van der Waals surface area contributed by atoms with Gasteiger partial charge >= 0.3 is 0 Å². The summed E-state index contributed by atoms with van der Waals surface area (Å²) in [6.07, 6.45) is 1.29. The summed E-state index contributed by atoms with van der Waals surface area (Å²) in [6.45, 7) is 2.14. The molecule has 0 aliphatic heterocycles. The van der Waals surface area contributed by atoms with Gasteiger partial charge < -0.3 is 5.32 Å². The van der Waals surface area contributed by atoms with Crippen LogP contribution in [0.25, 0.3) is 10.6 Å². The summed E-state index contributed by atoms with van der Waals surface area (Å²) in [6, 6.07) is 14.5. The first-order valence-electron chi connectivity index (χ1n) is 9.11. The minimum Gasteiger partial charge on any atom is -0.344 e. The average Bonchev–Trinajstić information content (AvgIpc) is 3.48. The van der Waals surface area contributed by atoms with Gasteiger partial charge in [-0.05, 0) is 40.4 Å². The molecule has 1 N–H and O–H groups in total. The van der Waals surface area contributed by atoms with Crippen molar-refractivity contribution < 1.29 is 4.79 Å². The Kier molecular flexibility index (Phi) is 6.00. The SMILES string of the molecule is CCc1ccc([C@@H](NC(=O)Cc2csc(-c3ccsc3)n2)c2cccs2)cc1. The van der Waals surface area contributed by atoms with Crippen LogP contribution in [-0.2, 0) is 17.6 Å². The second kappa shape index (κ2) is 8.82. The Labute approximate surface area is 176 Å². The first-order chi connectivity index (χ1) is 13.7. The fourth-order valence-corrected chi connectivity index (χ4v) is 5.34. The highest BCUT2D eigenvalue weighted by Crippen LogP contribution is 2.28. The van der Waals surface area contributed by atoms with Gasteiger partial charge in [0, 0.05) is 21.2 Å². The van der Waals surface area contributed by atoms with Gasteiger partial charge in [-0.3, -0.25) is 4.79 Å². The first kappa shape index (κ1) is 19.1. The Morgan fingerprint density at radius 1 is 1.07 bits per heavy atom. The number of carbonyl (C=O) groups is 1. The summed E-state index contributed by atoms with van der Waals surface area (Å²) in [5.41, 5.74) is 4.33. The molecule has 1 amide bonds. The highest BCUT2D eigenvalue weighted by atomic mass is 32.1. The van der Waals surface area contributed by atoms with Gasteiger partial charge in [-0.1, -0.05) is 37.3 Å². The van der Waals surface area contributed by atoms with Crippen LogP contribution >= 0.6 is 34.0 Å². The maximum Gasteiger partial charge on any atom is 0.226 e. The van der Waals surface area contributed by atoms with Crippen LogP contribution in [0.3, 0.4) is 0 Å². The zero-order chi connectivity index (χ0) is 19.3. The topological polar surface area (TPSA) is 42.0 Å². The van der Waals surface area contributed by atoms with Crippen LogP contribution in [0.5, 0.6) is 0 Å². The lowest BCUT2D eigenvalue weighted by Crippen LogP contribution is -2.30. The number of thiophene rings is 2. The maximum atomic E-state index is 12.8. The van der Waals surface area contributed by atoms with Crippen LogP contribution in [0.15, 0.2) is 64.0 Å². The van der Waals surface area contributed by atoms with Gasteiger partial charge in [-0.2, -0.15) is 11.3 Å². The number of nitrogens with one attached hydrogen (secondary N) is 1. The molecule has 0 unspecified atom stereocenters. The molecular formula is C22H20N2OS3. The van der Waals surface area contributed by atoms with E-state index in [1.54, 1.807) is 34.0 Å². The molecular weight excluding hydrogens is 404 g/mol. The zero-order valence-corrected chi connectivity index (χ0v) is 17.9. The van der Waals surface area contributed by atoms with E-state index in [4.69, 9.17) is 0 Å². The Hall–Kier alpha value is -2.28. The van der Waals surface area contributed by atoms with Gasteiger partial charge in [0.25, 0.3) is 0 Å². The molecule has 0 spiro atoms. The van der Waals surface area contributed by atoms with Crippen LogP contribution in [0.2, 0.25) is 0 Å². The van der Waals surface area contributed by atoms with Gasteiger partial charge in [-0.15, -0.1) is 22.7 Å². The molecule has 4 rings (SSSR count). The summed E-state index contributed by atoms with van der Waals surface area (Å²) >= 11 is 4.90. The van der Waals surface area contributed by atoms with Crippen LogP contribution in [0, 0.1) is 0 Å². The summed E-state index contributed by atoms with van der Waals surface area (Å²) in [4.78, 5) is 18.5. The Bertz CT molecular complexity index is 1020. The summed E-state index contributed by atoms with van der Waals surface area (Å²) in [7, 11) is 0. The van der Waals surface area contributed by atoms with Gasteiger partial charge in [0.15, 0.2) is 0 Å². The Balaban J connectivity index is 1.49. The molecule has 6 heteroatoms. The zero-order valence-electron chi connectivity index (χ0n) is 15.4. The minimum atomic E-state index is -0.131. The van der Waals surface area contributed by atoms with Crippen LogP contribution in [0.1, 0.15) is 34.7 Å². The van der Waals surface area contributed by atoms with E-state index in [9.17, 15) is 4.79 Å². The van der Waals surface area contributed by atoms with E-state index >= 15 is 0 Å². The van der Waals surface area contributed by atoms with Gasteiger partial charge in [0.2, 0.25) is 5.91 Å². The third-order valence-corrected chi connectivity index (χ3v) is 7.08. The number of benzene rings is 1. The lowest BCUT2D eigenvalue weighted by Gasteiger charge is -2.18. The number of hydrogen-bond acceptors (Lipinski definition) is 5. The fourth-order valence-electron chi connectivity index (χ4n) is 3.00. The number of aryl methyl sites for hydroxylation is 1. The van der Waals surface area contributed by atoms with Crippen LogP contribution in [-0.4, -0.2) is 10.9 Å². The van der Waals surface area contributed by atoms with Crippen molar-refractivity contribution in [3.63, 3.8) is 0 Å². The van der Waals surface area contributed by atoms with Gasteiger partial charge in [0.1, 0.15) is 5.01 Å². The molecule has 3 heterocycles. The maximum absolute atomic E-state index is 12.8. The molecule has 0 fully saturated rings. The van der Waals surface area contributed by atoms with E-state index in [1.165, 1.54) is 5.56 Å². The van der Waals surface area contributed by atoms with E-state index in [2.05, 4.69) is 59.0 Å². The molecule has 0 aliphatic carbocycles. The highest BCUT2D eigenvalue weighted by molar-refractivity contribution is 7.14. The quantitative estimate of drug-likeness (QED) is 0.399. The molecule has 0 saturated carbocycles. The van der Waals surface area contributed by atoms with Crippen LogP contribution < -0.4 is 5.32 Å². The molecule has 3 nitrogen and oxygen atoms in total. The molecule has 142 valence electrons. The molecule has 1 aromatic carbocycles. The van der Waals surface area contributed by atoms with Gasteiger partial charge in [0.05, 0.1) is 18.2 Å². The standard InChI is InChI=1S/C22H20N2OS3/c1-2-15-5-7-16(8-6-15)21(19-4-3-10-27-19)24-20(25)12-18-14-28-22(23-18)17-9-11-26-13-17/h3-11,13-14,21H,2,12H2,1H3,(H,24,25)/t21-/m1/s1. The summed E-state index contributed by atoms with van der Waals surface area (Å²) in [5.74, 6) is -0.0138. The monoisotopic (exact) mass is 424 g/mol. The van der Waals surface area contributed by atoms with Crippen molar-refractivity contribution >= 4 is 39.9 Å². The Morgan fingerprint density at radius 2 is 1.93 bits per heavy atom. The Morgan fingerprint density at radius 3 is 2.61 bits per heavy atom. The van der Waals surface area contributed by atoms with E-state index in [0.29, 0.717) is 0 Å². The normalized spacial score (nSPS) is 12.0. The molecule has 3 aromatic heterocycles. The van der Waals surface area contributed by atoms with Crippen molar-refractivity contribution in [2.45, 2.75) is 25.8 Å². The second-order valence-corrected chi connectivity index (χ2v) is 9.06. The number of rotatable bonds is 7. The number of hydrogen-bond donors (Lipinski definition) is 1. The third kappa shape index (κ3) is 4.41. The minimum absolute atomic E-state index is 0.0138. The number of carbonyl (C=O) groups excluding carboxylic acids is 1. The van der Waals surface area contributed by atoms with Crippen molar-refractivity contribution in [1.82, 2.24) is 10.3 Å². The van der Waals surface area contributed by atoms with Crippen molar-refractivity contribution in [2.24, 2.45) is 0 Å². The molecule has 0 bridgehead atoms. The van der Waals surface area contributed by atoms with Crippen molar-refractivity contribution in [3.05, 3.63) is 85.7 Å². The lowest BCUT2D eigenvalue weighted by molar-refractivity contribution is -0.120. The number of amides is 1. The summed E-state index contributed by atoms with van der Waals surface area (Å²) in [5, 5.41) is 12.3. The smallest absolute Gasteiger partial charge is 0.226 e. The van der Waals surface area contributed by atoms with Gasteiger partial charge in [-0.25, -0.2) is 4.98 Å². The average molecular weight is 425 g/mol. The lowest BCUT2D eigenvalue weighted by atomic mass is 10.0. The van der Waals surface area contributed by atoms with Crippen LogP contribution in [0.4, 0.5) is 0 Å². The first-order valence-corrected chi connectivity index (χ1v) is 11.8. The summed E-state index contributed by atoms with van der Waals surface area (Å²) < 4.78 is 0. The molecule has 0 saturated heterocycles. The molecule has 0 radical (unpaired) electrons. The van der Waals surface area contributed by atoms with Crippen molar-refractivity contribution in [2.75, 3.05) is 0 Å². The molecule has 28 heavy (non-hydrogen) atoms. The van der Waals surface area contributed by atoms with E-state index in [0.717, 1.165) is 33.1 Å². The third-order valence-electron chi connectivity index (χ3n) is 4.52. The fraction of sp³-hybridized carbons (Fsp3) is 0.182. The van der Waals surface area contributed by atoms with Crippen molar-refractivity contribution in [3.8, 4) is 10.6 Å². The van der Waals surface area contributed by atoms with Crippen molar-refractivity contribution in [1.29, 1.82) is 0 Å².